The number of hydrogen-bond acceptors (Lipinski definition) is 3. The Bertz CT molecular complexity index is 2370. The van der Waals surface area contributed by atoms with Crippen molar-refractivity contribution in [1.82, 2.24) is 9.46 Å². The third-order valence-corrected chi connectivity index (χ3v) is 10.0. The highest BCUT2D eigenvalue weighted by atomic mass is 32.1. The van der Waals surface area contributed by atoms with Gasteiger partial charge < -0.3 is 9.29 Å². The molecule has 0 amide bonds. The highest BCUT2D eigenvalue weighted by molar-refractivity contribution is 7.26. The molecule has 2 aliphatic heterocycles. The van der Waals surface area contributed by atoms with Crippen LogP contribution in [0.3, 0.4) is 0 Å². The topological polar surface area (TPSA) is 21.1 Å². The molecule has 0 N–H and O–H groups in total. The first-order valence-electron chi connectivity index (χ1n) is 13.7. The van der Waals surface area contributed by atoms with Crippen molar-refractivity contribution in [3.05, 3.63) is 121 Å². The molecule has 0 radical (unpaired) electrons. The van der Waals surface area contributed by atoms with Crippen molar-refractivity contribution in [2.24, 2.45) is 0 Å². The number of hydrogen-bond donors (Lipinski definition) is 0. The van der Waals surface area contributed by atoms with Crippen LogP contribution in [0.4, 0.5) is 11.4 Å². The molecule has 0 saturated carbocycles. The van der Waals surface area contributed by atoms with Gasteiger partial charge in [0.1, 0.15) is 0 Å². The first-order chi connectivity index (χ1) is 19.9. The van der Waals surface area contributed by atoms with Crippen LogP contribution in [0.25, 0.3) is 64.4 Å². The van der Waals surface area contributed by atoms with E-state index in [0.717, 1.165) is 5.69 Å². The second kappa shape index (κ2) is 7.41. The van der Waals surface area contributed by atoms with Gasteiger partial charge in [-0.15, -0.1) is 11.3 Å². The van der Waals surface area contributed by atoms with Gasteiger partial charge in [0.25, 0.3) is 0 Å². The van der Waals surface area contributed by atoms with Gasteiger partial charge in [-0.25, -0.2) is 0 Å². The Morgan fingerprint density at radius 2 is 1.43 bits per heavy atom. The van der Waals surface area contributed by atoms with E-state index in [1.165, 1.54) is 75.5 Å². The van der Waals surface area contributed by atoms with Crippen molar-refractivity contribution >= 4 is 77.1 Å². The Labute approximate surface area is 234 Å². The van der Waals surface area contributed by atoms with E-state index >= 15 is 0 Å². The van der Waals surface area contributed by atoms with Gasteiger partial charge in [0, 0.05) is 53.9 Å². The van der Waals surface area contributed by atoms with Crippen LogP contribution in [0, 0.1) is 0 Å². The molecule has 0 fully saturated rings. The van der Waals surface area contributed by atoms with Crippen molar-refractivity contribution in [1.29, 1.82) is 0 Å². The van der Waals surface area contributed by atoms with Gasteiger partial charge in [-0.2, -0.15) is 0 Å². The molecule has 0 bridgehead atoms. The number of nitrogens with zero attached hydrogens (tertiary/aromatic N) is 3. The summed E-state index contributed by atoms with van der Waals surface area (Å²) in [6, 6.07) is 42.3. The molecule has 8 aromatic rings. The zero-order valence-electron chi connectivity index (χ0n) is 21.4. The number of thiophene rings is 1. The third-order valence-electron chi connectivity index (χ3n) is 8.78. The standard InChI is InChI=1S/C35H20BN3S/c1-4-15-29-23(9-1)27-19-21(22-12-7-13-25-24-10-3-6-17-32(24)40-35(22)25)20-31-34(27)39(29)36-28-14-8-18-37-33(28)26-11-2-5-16-30(26)38(31)36/h1-20H. The van der Waals surface area contributed by atoms with E-state index in [1.807, 2.05) is 17.5 Å². The molecule has 0 aliphatic carbocycles. The Hall–Kier alpha value is -4.87. The molecule has 0 saturated heterocycles. The van der Waals surface area contributed by atoms with Gasteiger partial charge in [0.05, 0.1) is 16.9 Å². The lowest BCUT2D eigenvalue weighted by molar-refractivity contribution is 1.26. The van der Waals surface area contributed by atoms with Crippen LogP contribution in [-0.2, 0) is 0 Å². The summed E-state index contributed by atoms with van der Waals surface area (Å²) in [5.74, 6) is 0. The minimum absolute atomic E-state index is 0.0198. The lowest BCUT2D eigenvalue weighted by Crippen LogP contribution is -2.51. The van der Waals surface area contributed by atoms with Crippen molar-refractivity contribution < 1.29 is 0 Å². The van der Waals surface area contributed by atoms with E-state index in [4.69, 9.17) is 4.98 Å². The van der Waals surface area contributed by atoms with Gasteiger partial charge in [0.2, 0.25) is 0 Å². The van der Waals surface area contributed by atoms with Crippen molar-refractivity contribution in [2.45, 2.75) is 0 Å². The molecule has 0 unspecified atom stereocenters. The highest BCUT2D eigenvalue weighted by Crippen LogP contribution is 2.51. The molecular formula is C35H20BN3S. The molecular weight excluding hydrogens is 505 g/mol. The number of rotatable bonds is 1. The summed E-state index contributed by atoms with van der Waals surface area (Å²) in [7, 11) is 0. The fourth-order valence-corrected chi connectivity index (χ4v) is 8.44. The Morgan fingerprint density at radius 3 is 2.40 bits per heavy atom. The van der Waals surface area contributed by atoms with E-state index < -0.39 is 0 Å². The molecule has 2 aliphatic rings. The highest BCUT2D eigenvalue weighted by Gasteiger charge is 2.45. The van der Waals surface area contributed by atoms with Gasteiger partial charge in [-0.1, -0.05) is 78.9 Å². The summed E-state index contributed by atoms with van der Waals surface area (Å²) in [5, 5.41) is 5.27. The molecule has 5 heterocycles. The van der Waals surface area contributed by atoms with E-state index in [1.54, 1.807) is 0 Å². The van der Waals surface area contributed by atoms with Crippen molar-refractivity contribution in [2.75, 3.05) is 4.81 Å². The second-order valence-electron chi connectivity index (χ2n) is 10.8. The molecule has 5 heteroatoms. The van der Waals surface area contributed by atoms with E-state index in [0.29, 0.717) is 0 Å². The maximum Gasteiger partial charge on any atom is 0.423 e. The van der Waals surface area contributed by atoms with Crippen LogP contribution >= 0.6 is 11.3 Å². The molecule has 3 aromatic heterocycles. The van der Waals surface area contributed by atoms with E-state index in [2.05, 4.69) is 125 Å². The lowest BCUT2D eigenvalue weighted by atomic mass is 9.61. The quantitative estimate of drug-likeness (QED) is 0.200. The maximum absolute atomic E-state index is 4.89. The van der Waals surface area contributed by atoms with Crippen LogP contribution in [0.5, 0.6) is 0 Å². The Kier molecular flexibility index (Phi) is 3.89. The number of para-hydroxylation sites is 2. The Morgan fingerprint density at radius 1 is 0.625 bits per heavy atom. The SMILES string of the molecule is c1cnc2c(c1)B1N(c3ccccc3-2)c2cc(-c3cccc4c3sc3ccccc34)cc3c4ccccc4n1c23. The average Bonchev–Trinajstić information content (AvgIpc) is 3.68. The average molecular weight is 525 g/mol. The Balaban J connectivity index is 1.34. The van der Waals surface area contributed by atoms with Gasteiger partial charge in [-0.3, -0.25) is 4.98 Å². The zero-order valence-corrected chi connectivity index (χ0v) is 22.2. The van der Waals surface area contributed by atoms with Crippen LogP contribution in [0.2, 0.25) is 0 Å². The maximum atomic E-state index is 4.89. The summed E-state index contributed by atoms with van der Waals surface area (Å²) in [6.07, 6.45) is 1.92. The van der Waals surface area contributed by atoms with Gasteiger partial charge in [0.15, 0.2) is 0 Å². The normalized spacial score (nSPS) is 13.4. The monoisotopic (exact) mass is 525 g/mol. The van der Waals surface area contributed by atoms with Crippen molar-refractivity contribution in [3.63, 3.8) is 0 Å². The summed E-state index contributed by atoms with van der Waals surface area (Å²) in [4.78, 5) is 7.44. The predicted octanol–water partition coefficient (Wildman–Crippen LogP) is 8.60. The number of fused-ring (bicyclic) bond motifs is 14. The van der Waals surface area contributed by atoms with Crippen LogP contribution in [-0.4, -0.2) is 16.4 Å². The first-order valence-corrected chi connectivity index (χ1v) is 14.5. The second-order valence-corrected chi connectivity index (χ2v) is 11.8. The van der Waals surface area contributed by atoms with E-state index in [9.17, 15) is 0 Å². The summed E-state index contributed by atoms with van der Waals surface area (Å²) in [5.41, 5.74) is 11.1. The first kappa shape index (κ1) is 21.0. The molecule has 3 nitrogen and oxygen atoms in total. The number of aromatic nitrogens is 2. The molecule has 0 spiro atoms. The summed E-state index contributed by atoms with van der Waals surface area (Å²) in [6.45, 7) is 0.0198. The number of benzene rings is 5. The minimum Gasteiger partial charge on any atom is -0.359 e. The van der Waals surface area contributed by atoms with Gasteiger partial charge in [-0.05, 0) is 53.0 Å². The van der Waals surface area contributed by atoms with E-state index in [-0.39, 0.29) is 6.98 Å². The summed E-state index contributed by atoms with van der Waals surface area (Å²) >= 11 is 1.90. The minimum atomic E-state index is 0.0198. The number of pyridine rings is 1. The molecule has 0 atom stereocenters. The zero-order chi connectivity index (χ0) is 25.9. The predicted molar refractivity (Wildman–Crippen MR) is 170 cm³/mol. The molecule has 5 aromatic carbocycles. The molecule has 40 heavy (non-hydrogen) atoms. The summed E-state index contributed by atoms with van der Waals surface area (Å²) < 4.78 is 5.23. The van der Waals surface area contributed by atoms with Crippen LogP contribution in [0.15, 0.2) is 121 Å². The largest absolute Gasteiger partial charge is 0.423 e. The molecule has 184 valence electrons. The fraction of sp³-hybridized carbons (Fsp3) is 0. The van der Waals surface area contributed by atoms with Crippen molar-refractivity contribution in [3.8, 4) is 22.4 Å². The number of anilines is 2. The smallest absolute Gasteiger partial charge is 0.359 e. The molecule has 10 rings (SSSR count). The van der Waals surface area contributed by atoms with Gasteiger partial charge >= 0.3 is 6.98 Å². The van der Waals surface area contributed by atoms with Crippen LogP contribution < -0.4 is 10.3 Å². The fourth-order valence-electron chi connectivity index (χ4n) is 7.20. The lowest BCUT2D eigenvalue weighted by Gasteiger charge is -2.34. The third kappa shape index (κ3) is 2.49. The van der Waals surface area contributed by atoms with Crippen LogP contribution in [0.1, 0.15) is 0 Å².